The van der Waals surface area contributed by atoms with Gasteiger partial charge in [0.15, 0.2) is 5.78 Å². The molecule has 0 atom stereocenters. The van der Waals surface area contributed by atoms with E-state index < -0.39 is 16.1 Å². The molecule has 0 aliphatic rings. The van der Waals surface area contributed by atoms with Gasteiger partial charge in [-0.3, -0.25) is 13.9 Å². The molecule has 1 N–H and O–H groups in total. The molecule has 7 nitrogen and oxygen atoms in total. The number of nitrogens with zero attached hydrogens (tertiary/aromatic N) is 2. The first-order valence-electron chi connectivity index (χ1n) is 9.48. The molecule has 0 aliphatic carbocycles. The van der Waals surface area contributed by atoms with Crippen LogP contribution in [0, 0.1) is 0 Å². The van der Waals surface area contributed by atoms with Crippen molar-refractivity contribution in [1.82, 2.24) is 4.31 Å². The summed E-state index contributed by atoms with van der Waals surface area (Å²) in [5, 5.41) is 2.77. The maximum absolute atomic E-state index is 12.8. The van der Waals surface area contributed by atoms with E-state index in [1.807, 2.05) is 6.07 Å². The van der Waals surface area contributed by atoms with Crippen LogP contribution < -0.4 is 9.62 Å². The minimum Gasteiger partial charge on any atom is -0.321 e. The number of nitrogens with one attached hydrogen (secondary N) is 1. The molecule has 0 aliphatic heterocycles. The van der Waals surface area contributed by atoms with E-state index in [9.17, 15) is 18.0 Å². The van der Waals surface area contributed by atoms with E-state index in [4.69, 9.17) is 0 Å². The quantitative estimate of drug-likeness (QED) is 0.574. The molecule has 0 spiro atoms. The SMILES string of the molecule is CN(C)S(=O)(=O)N(C)c1ccc(C(=O)Nc2ccccc2C(=O)c2ccccc2)cc1. The van der Waals surface area contributed by atoms with E-state index in [0.29, 0.717) is 28.1 Å². The Balaban J connectivity index is 1.81. The van der Waals surface area contributed by atoms with Crippen molar-refractivity contribution in [1.29, 1.82) is 0 Å². The number of rotatable bonds is 7. The molecular weight excluding hydrogens is 414 g/mol. The van der Waals surface area contributed by atoms with Gasteiger partial charge in [-0.15, -0.1) is 0 Å². The van der Waals surface area contributed by atoms with Gasteiger partial charge >= 0.3 is 10.2 Å². The lowest BCUT2D eigenvalue weighted by molar-refractivity contribution is 0.102. The Morgan fingerprint density at radius 2 is 1.32 bits per heavy atom. The maximum Gasteiger partial charge on any atom is 0.303 e. The monoisotopic (exact) mass is 437 g/mol. The van der Waals surface area contributed by atoms with Crippen LogP contribution in [0.1, 0.15) is 26.3 Å². The van der Waals surface area contributed by atoms with E-state index in [-0.39, 0.29) is 5.78 Å². The Bertz CT molecular complexity index is 1190. The molecule has 8 heteroatoms. The topological polar surface area (TPSA) is 86.8 Å². The zero-order valence-electron chi connectivity index (χ0n) is 17.4. The molecule has 3 aromatic carbocycles. The van der Waals surface area contributed by atoms with Crippen molar-refractivity contribution < 1.29 is 18.0 Å². The summed E-state index contributed by atoms with van der Waals surface area (Å²) >= 11 is 0. The molecule has 0 unspecified atom stereocenters. The number of hydrogen-bond acceptors (Lipinski definition) is 4. The highest BCUT2D eigenvalue weighted by Crippen LogP contribution is 2.22. The van der Waals surface area contributed by atoms with Crippen LogP contribution >= 0.6 is 0 Å². The highest BCUT2D eigenvalue weighted by molar-refractivity contribution is 7.90. The number of carbonyl (C=O) groups excluding carboxylic acids is 2. The van der Waals surface area contributed by atoms with Gasteiger partial charge in [0.1, 0.15) is 0 Å². The van der Waals surface area contributed by atoms with Crippen LogP contribution in [-0.4, -0.2) is 45.6 Å². The number of carbonyl (C=O) groups is 2. The predicted octanol–water partition coefficient (Wildman–Crippen LogP) is 3.41. The summed E-state index contributed by atoms with van der Waals surface area (Å²) < 4.78 is 26.7. The molecule has 0 radical (unpaired) electrons. The van der Waals surface area contributed by atoms with Gasteiger partial charge in [-0.1, -0.05) is 42.5 Å². The number of anilines is 2. The van der Waals surface area contributed by atoms with Crippen molar-refractivity contribution in [3.63, 3.8) is 0 Å². The first-order valence-corrected chi connectivity index (χ1v) is 10.9. The Morgan fingerprint density at radius 3 is 1.94 bits per heavy atom. The molecule has 0 aromatic heterocycles. The lowest BCUT2D eigenvalue weighted by Gasteiger charge is -2.23. The largest absolute Gasteiger partial charge is 0.321 e. The number of amides is 1. The first kappa shape index (κ1) is 22.2. The molecule has 3 aromatic rings. The third kappa shape index (κ3) is 4.82. The summed E-state index contributed by atoms with van der Waals surface area (Å²) in [6.45, 7) is 0. The number of benzene rings is 3. The fourth-order valence-electron chi connectivity index (χ4n) is 2.93. The van der Waals surface area contributed by atoms with E-state index in [1.54, 1.807) is 60.7 Å². The Morgan fingerprint density at radius 1 is 0.742 bits per heavy atom. The summed E-state index contributed by atoms with van der Waals surface area (Å²) in [4.78, 5) is 25.6. The van der Waals surface area contributed by atoms with Crippen molar-refractivity contribution in [3.8, 4) is 0 Å². The molecule has 0 heterocycles. The van der Waals surface area contributed by atoms with Gasteiger partial charge in [0.2, 0.25) is 0 Å². The molecule has 0 saturated carbocycles. The summed E-state index contributed by atoms with van der Waals surface area (Å²) in [6.07, 6.45) is 0. The molecular formula is C23H23N3O4S. The second-order valence-corrected chi connectivity index (χ2v) is 9.17. The fourth-order valence-corrected chi connectivity index (χ4v) is 3.81. The second kappa shape index (κ2) is 9.11. The minimum absolute atomic E-state index is 0.192. The van der Waals surface area contributed by atoms with Gasteiger partial charge in [0.25, 0.3) is 5.91 Å². The van der Waals surface area contributed by atoms with Crippen LogP contribution in [-0.2, 0) is 10.2 Å². The molecule has 0 saturated heterocycles. The van der Waals surface area contributed by atoms with Gasteiger partial charge in [0, 0.05) is 37.8 Å². The molecule has 31 heavy (non-hydrogen) atoms. The lowest BCUT2D eigenvalue weighted by atomic mass is 10.0. The standard InChI is InChI=1S/C23H23N3O4S/c1-25(2)31(29,30)26(3)19-15-13-18(14-16-19)23(28)24-21-12-8-7-11-20(21)22(27)17-9-5-4-6-10-17/h4-16H,1-3H3,(H,24,28). The minimum atomic E-state index is -3.62. The Hall–Kier alpha value is -3.49. The second-order valence-electron chi connectivity index (χ2n) is 7.00. The van der Waals surface area contributed by atoms with Crippen LogP contribution in [0.25, 0.3) is 0 Å². The van der Waals surface area contributed by atoms with Gasteiger partial charge in [0.05, 0.1) is 11.4 Å². The highest BCUT2D eigenvalue weighted by atomic mass is 32.2. The fraction of sp³-hybridized carbons (Fsp3) is 0.130. The molecule has 1 amide bonds. The highest BCUT2D eigenvalue weighted by Gasteiger charge is 2.21. The van der Waals surface area contributed by atoms with Gasteiger partial charge in [-0.2, -0.15) is 12.7 Å². The third-order valence-electron chi connectivity index (χ3n) is 4.76. The Kier molecular flexibility index (Phi) is 6.53. The van der Waals surface area contributed by atoms with E-state index in [2.05, 4.69) is 5.32 Å². The Labute approximate surface area is 182 Å². The zero-order valence-corrected chi connectivity index (χ0v) is 18.3. The van der Waals surface area contributed by atoms with Gasteiger partial charge < -0.3 is 5.32 Å². The molecule has 0 fully saturated rings. The zero-order chi connectivity index (χ0) is 22.6. The number of para-hydroxylation sites is 1. The van der Waals surface area contributed by atoms with Crippen molar-refractivity contribution in [2.24, 2.45) is 0 Å². The average Bonchev–Trinajstić information content (AvgIpc) is 2.79. The van der Waals surface area contributed by atoms with E-state index >= 15 is 0 Å². The van der Waals surface area contributed by atoms with Crippen LogP contribution in [0.5, 0.6) is 0 Å². The first-order chi connectivity index (χ1) is 14.7. The molecule has 0 bridgehead atoms. The third-order valence-corrected chi connectivity index (χ3v) is 6.58. The average molecular weight is 438 g/mol. The van der Waals surface area contributed by atoms with Crippen molar-refractivity contribution in [3.05, 3.63) is 95.6 Å². The van der Waals surface area contributed by atoms with Crippen molar-refractivity contribution in [2.45, 2.75) is 0 Å². The van der Waals surface area contributed by atoms with Crippen molar-refractivity contribution in [2.75, 3.05) is 30.8 Å². The van der Waals surface area contributed by atoms with E-state index in [0.717, 1.165) is 8.61 Å². The number of hydrogen-bond donors (Lipinski definition) is 1. The summed E-state index contributed by atoms with van der Waals surface area (Å²) in [6, 6.07) is 21.8. The molecule has 160 valence electrons. The predicted molar refractivity (Wildman–Crippen MR) is 122 cm³/mol. The number of ketones is 1. The van der Waals surface area contributed by atoms with Crippen molar-refractivity contribution >= 4 is 33.3 Å². The van der Waals surface area contributed by atoms with Crippen LogP contribution in [0.2, 0.25) is 0 Å². The van der Waals surface area contributed by atoms with E-state index in [1.165, 1.54) is 33.3 Å². The van der Waals surface area contributed by atoms with Gasteiger partial charge in [-0.05, 0) is 36.4 Å². The molecule has 3 rings (SSSR count). The van der Waals surface area contributed by atoms with Gasteiger partial charge in [-0.25, -0.2) is 0 Å². The lowest BCUT2D eigenvalue weighted by Crippen LogP contribution is -2.37. The summed E-state index contributed by atoms with van der Waals surface area (Å²) in [5.41, 5.74) is 2.07. The summed E-state index contributed by atoms with van der Waals surface area (Å²) in [5.74, 6) is -0.597. The van der Waals surface area contributed by atoms with Crippen LogP contribution in [0.4, 0.5) is 11.4 Å². The smallest absolute Gasteiger partial charge is 0.303 e. The summed E-state index contributed by atoms with van der Waals surface area (Å²) in [7, 11) is 0.708. The van der Waals surface area contributed by atoms with Crippen LogP contribution in [0.15, 0.2) is 78.9 Å². The normalized spacial score (nSPS) is 11.2. The van der Waals surface area contributed by atoms with Crippen LogP contribution in [0.3, 0.4) is 0 Å². The maximum atomic E-state index is 12.8.